The van der Waals surface area contributed by atoms with Crippen molar-refractivity contribution in [1.82, 2.24) is 35.7 Å². The van der Waals surface area contributed by atoms with E-state index in [0.29, 0.717) is 24.8 Å². The predicted octanol–water partition coefficient (Wildman–Crippen LogP) is 3.69. The number of hydrogen-bond donors (Lipinski definition) is 3. The van der Waals surface area contributed by atoms with Gasteiger partial charge in [-0.25, -0.2) is 9.59 Å². The van der Waals surface area contributed by atoms with Crippen molar-refractivity contribution in [3.05, 3.63) is 35.4 Å². The van der Waals surface area contributed by atoms with E-state index in [1.54, 1.807) is 33.8 Å². The third kappa shape index (κ3) is 7.86. The number of ether oxygens (including phenoxy) is 2. The molecule has 15 heteroatoms. The number of phenolic OH excluding ortho intramolecular Hbond substituents is 1. The second kappa shape index (κ2) is 13.9. The molecule has 1 unspecified atom stereocenters. The zero-order valence-corrected chi connectivity index (χ0v) is 27.8. The number of allylic oxidation sites excluding steroid dienone is 1. The number of benzene rings is 1. The highest BCUT2D eigenvalue weighted by atomic mass is 35.5. The summed E-state index contributed by atoms with van der Waals surface area (Å²) in [5, 5.41) is 28.4. The maximum Gasteiger partial charge on any atom is 0.408 e. The van der Waals surface area contributed by atoms with E-state index in [9.17, 15) is 24.3 Å². The van der Waals surface area contributed by atoms with E-state index < -0.39 is 53.1 Å². The standard InChI is InChI=1S/C32H42ClN7O7/c1-5-46-29(44)32-17-20(32)11-9-7-6-8-10-12-23(34-30(45)47-31(2,3)4)28(43)39-18-21(16-24(39)27(42)35-32)40-37-26(36-38-40)19-13-14-25(41)22(33)15-19/h9,11,13-15,20-21,23-24,41H,5-8,10,12,16-18H2,1-4H3,(H,34,45)(H,35,42)/t20-,21?,23+,24+,32-/m1/s1. The Hall–Kier alpha value is -4.20. The van der Waals surface area contributed by atoms with Gasteiger partial charge in [-0.2, -0.15) is 4.80 Å². The van der Waals surface area contributed by atoms with Crippen LogP contribution in [0.2, 0.25) is 5.02 Å². The van der Waals surface area contributed by atoms with E-state index in [1.165, 1.54) is 21.8 Å². The van der Waals surface area contributed by atoms with Crippen LogP contribution in [0.3, 0.4) is 0 Å². The van der Waals surface area contributed by atoms with Crippen LogP contribution >= 0.6 is 11.6 Å². The summed E-state index contributed by atoms with van der Waals surface area (Å²) in [6.07, 6.45) is 7.23. The summed E-state index contributed by atoms with van der Waals surface area (Å²) in [7, 11) is 0. The van der Waals surface area contributed by atoms with Crippen LogP contribution in [0.4, 0.5) is 4.79 Å². The fourth-order valence-electron chi connectivity index (χ4n) is 6.08. The van der Waals surface area contributed by atoms with E-state index >= 15 is 0 Å². The number of tetrazole rings is 1. The number of alkyl carbamates (subject to hydrolysis) is 1. The number of carbonyl (C=O) groups is 4. The first-order valence-corrected chi connectivity index (χ1v) is 16.4. The molecule has 0 bridgehead atoms. The Morgan fingerprint density at radius 3 is 2.72 bits per heavy atom. The fourth-order valence-corrected chi connectivity index (χ4v) is 6.26. The van der Waals surface area contributed by atoms with Crippen molar-refractivity contribution in [3.63, 3.8) is 0 Å². The van der Waals surface area contributed by atoms with Gasteiger partial charge < -0.3 is 30.1 Å². The lowest BCUT2D eigenvalue weighted by atomic mass is 10.0. The fraction of sp³-hybridized carbons (Fsp3) is 0.594. The highest BCUT2D eigenvalue weighted by molar-refractivity contribution is 6.32. The molecule has 14 nitrogen and oxygen atoms in total. The first kappa shape index (κ1) is 34.1. The first-order valence-electron chi connectivity index (χ1n) is 16.1. The number of amides is 3. The molecule has 0 spiro atoms. The third-order valence-electron chi connectivity index (χ3n) is 8.55. The Labute approximate surface area is 278 Å². The molecule has 0 radical (unpaired) electrons. The van der Waals surface area contributed by atoms with Crippen LogP contribution in [-0.4, -0.2) is 90.5 Å². The molecule has 5 atom stereocenters. The Morgan fingerprint density at radius 2 is 2.00 bits per heavy atom. The Balaban J connectivity index is 1.46. The van der Waals surface area contributed by atoms with Crippen LogP contribution in [0, 0.1) is 5.92 Å². The lowest BCUT2D eigenvalue weighted by Gasteiger charge is -2.30. The van der Waals surface area contributed by atoms with Gasteiger partial charge >= 0.3 is 12.1 Å². The van der Waals surface area contributed by atoms with E-state index in [-0.39, 0.29) is 42.1 Å². The van der Waals surface area contributed by atoms with Crippen molar-refractivity contribution in [1.29, 1.82) is 0 Å². The lowest BCUT2D eigenvalue weighted by molar-refractivity contribution is -0.150. The van der Waals surface area contributed by atoms with E-state index in [2.05, 4.69) is 26.0 Å². The Bertz CT molecular complexity index is 1540. The molecule has 3 aliphatic rings. The summed E-state index contributed by atoms with van der Waals surface area (Å²) in [4.78, 5) is 57.1. The zero-order valence-electron chi connectivity index (χ0n) is 27.1. The number of rotatable bonds is 5. The molecule has 47 heavy (non-hydrogen) atoms. The molecule has 254 valence electrons. The molecular formula is C32H42ClN7O7. The second-order valence-electron chi connectivity index (χ2n) is 13.3. The van der Waals surface area contributed by atoms with Gasteiger partial charge in [-0.15, -0.1) is 10.2 Å². The molecular weight excluding hydrogens is 630 g/mol. The molecule has 1 saturated heterocycles. The third-order valence-corrected chi connectivity index (χ3v) is 8.85. The normalized spacial score (nSPS) is 26.7. The van der Waals surface area contributed by atoms with E-state index in [0.717, 1.165) is 19.3 Å². The van der Waals surface area contributed by atoms with E-state index in [1.807, 2.05) is 12.2 Å². The number of aromatic hydroxyl groups is 1. The van der Waals surface area contributed by atoms with E-state index in [4.69, 9.17) is 21.1 Å². The maximum atomic E-state index is 14.3. The van der Waals surface area contributed by atoms with Crippen molar-refractivity contribution in [2.24, 2.45) is 5.92 Å². The van der Waals surface area contributed by atoms with Crippen molar-refractivity contribution >= 4 is 35.5 Å². The molecule has 5 rings (SSSR count). The number of hydrogen-bond acceptors (Lipinski definition) is 10. The van der Waals surface area contributed by atoms with Gasteiger partial charge in [0.25, 0.3) is 0 Å². The summed E-state index contributed by atoms with van der Waals surface area (Å²) in [5.74, 6) is -1.55. The van der Waals surface area contributed by atoms with Crippen LogP contribution in [0.15, 0.2) is 30.4 Å². The number of nitrogens with one attached hydrogen (secondary N) is 2. The van der Waals surface area contributed by atoms with Crippen LogP contribution in [0.25, 0.3) is 11.4 Å². The van der Waals surface area contributed by atoms with Gasteiger partial charge in [-0.3, -0.25) is 9.59 Å². The van der Waals surface area contributed by atoms with Crippen LogP contribution < -0.4 is 10.6 Å². The van der Waals surface area contributed by atoms with Crippen molar-refractivity contribution < 1.29 is 33.8 Å². The quantitative estimate of drug-likeness (QED) is 0.314. The summed E-state index contributed by atoms with van der Waals surface area (Å²) in [6, 6.07) is 2.01. The SMILES string of the molecule is CCOC(=O)[C@@]12C[C@H]1C=CCCCCC[C@H](NC(=O)OC(C)(C)C)C(=O)N1CC(n3nnc(-c4ccc(O)c(Cl)c4)n3)C[C@H]1C(=O)N2. The van der Waals surface area contributed by atoms with Crippen molar-refractivity contribution in [2.45, 2.75) is 102 Å². The molecule has 2 aromatic rings. The first-order chi connectivity index (χ1) is 22.3. The number of carbonyl (C=O) groups excluding carboxylic acids is 4. The minimum atomic E-state index is -1.22. The maximum absolute atomic E-state index is 14.3. The number of nitrogens with zero attached hydrogens (tertiary/aromatic N) is 5. The predicted molar refractivity (Wildman–Crippen MR) is 170 cm³/mol. The lowest BCUT2D eigenvalue weighted by Crippen LogP contribution is -2.56. The smallest absolute Gasteiger partial charge is 0.408 e. The Kier molecular flexibility index (Phi) is 10.1. The molecule has 2 aliphatic heterocycles. The molecule has 1 saturated carbocycles. The second-order valence-corrected chi connectivity index (χ2v) is 13.7. The monoisotopic (exact) mass is 671 g/mol. The molecule has 3 heterocycles. The molecule has 3 amide bonds. The van der Waals surface area contributed by atoms with Gasteiger partial charge in [0.1, 0.15) is 29.0 Å². The van der Waals surface area contributed by atoms with Crippen LogP contribution in [-0.2, 0) is 23.9 Å². The average molecular weight is 672 g/mol. The number of aromatic nitrogens is 4. The van der Waals surface area contributed by atoms with Gasteiger partial charge in [0, 0.05) is 24.4 Å². The average Bonchev–Trinajstić information content (AvgIpc) is 3.32. The molecule has 3 N–H and O–H groups in total. The number of esters is 1. The van der Waals surface area contributed by atoms with Gasteiger partial charge in [-0.1, -0.05) is 36.6 Å². The number of phenols is 1. The summed E-state index contributed by atoms with van der Waals surface area (Å²) < 4.78 is 10.8. The summed E-state index contributed by atoms with van der Waals surface area (Å²) >= 11 is 6.08. The summed E-state index contributed by atoms with van der Waals surface area (Å²) in [5.41, 5.74) is -1.48. The largest absolute Gasteiger partial charge is 0.506 e. The van der Waals surface area contributed by atoms with Crippen molar-refractivity contribution in [2.75, 3.05) is 13.2 Å². The number of halogens is 1. The molecule has 1 aliphatic carbocycles. The van der Waals surface area contributed by atoms with Gasteiger partial charge in [0.2, 0.25) is 17.6 Å². The molecule has 1 aromatic carbocycles. The molecule has 1 aromatic heterocycles. The van der Waals surface area contributed by atoms with Gasteiger partial charge in [0.15, 0.2) is 0 Å². The Morgan fingerprint density at radius 1 is 1.21 bits per heavy atom. The van der Waals surface area contributed by atoms with Crippen molar-refractivity contribution in [3.8, 4) is 17.1 Å². The topological polar surface area (TPSA) is 178 Å². The highest BCUT2D eigenvalue weighted by Crippen LogP contribution is 2.46. The van der Waals surface area contributed by atoms with Crippen LogP contribution in [0.1, 0.15) is 78.7 Å². The number of fused-ring (bicyclic) bond motifs is 2. The minimum Gasteiger partial charge on any atom is -0.506 e. The van der Waals surface area contributed by atoms with Crippen LogP contribution in [0.5, 0.6) is 5.75 Å². The minimum absolute atomic E-state index is 0.0469. The van der Waals surface area contributed by atoms with Gasteiger partial charge in [-0.05, 0) is 76.8 Å². The van der Waals surface area contributed by atoms with Gasteiger partial charge in [0.05, 0.1) is 17.7 Å². The zero-order chi connectivity index (χ0) is 33.9. The highest BCUT2D eigenvalue weighted by Gasteiger charge is 2.62. The summed E-state index contributed by atoms with van der Waals surface area (Å²) in [6.45, 7) is 7.12. The molecule has 2 fully saturated rings.